The van der Waals surface area contributed by atoms with E-state index in [1.165, 1.54) is 22.3 Å². The zero-order chi connectivity index (χ0) is 16.4. The lowest BCUT2D eigenvalue weighted by molar-refractivity contribution is 0.324. The molecular formula is C21H31N. The Kier molecular flexibility index (Phi) is 4.97. The van der Waals surface area contributed by atoms with E-state index in [0.717, 1.165) is 25.7 Å². The van der Waals surface area contributed by atoms with Crippen LogP contribution in [-0.2, 0) is 0 Å². The summed E-state index contributed by atoms with van der Waals surface area (Å²) in [4.78, 5) is 0. The van der Waals surface area contributed by atoms with Crippen molar-refractivity contribution in [2.45, 2.75) is 65.8 Å². The maximum atomic E-state index is 7.02. The van der Waals surface area contributed by atoms with Gasteiger partial charge in [0.15, 0.2) is 0 Å². The lowest BCUT2D eigenvalue weighted by Gasteiger charge is -2.47. The van der Waals surface area contributed by atoms with Crippen LogP contribution < -0.4 is 5.73 Å². The first-order chi connectivity index (χ1) is 10.4. The highest BCUT2D eigenvalue weighted by Gasteiger charge is 2.44. The Morgan fingerprint density at radius 2 is 1.73 bits per heavy atom. The number of benzene rings is 1. The summed E-state index contributed by atoms with van der Waals surface area (Å²) in [6, 6.07) is 8.80. The lowest BCUT2D eigenvalue weighted by Crippen LogP contribution is -2.49. The summed E-state index contributed by atoms with van der Waals surface area (Å²) in [6.45, 7) is 11.2. The van der Waals surface area contributed by atoms with Crippen LogP contribution in [0.1, 0.15) is 64.5 Å². The van der Waals surface area contributed by atoms with Crippen molar-refractivity contribution in [2.75, 3.05) is 0 Å². The summed E-state index contributed by atoms with van der Waals surface area (Å²) >= 11 is 0. The molecule has 22 heavy (non-hydrogen) atoms. The van der Waals surface area contributed by atoms with E-state index in [4.69, 9.17) is 5.73 Å². The van der Waals surface area contributed by atoms with E-state index in [0.29, 0.717) is 0 Å². The average molecular weight is 297 g/mol. The van der Waals surface area contributed by atoms with Crippen LogP contribution in [0.15, 0.2) is 42.0 Å². The molecule has 0 amide bonds. The number of nitrogens with two attached hydrogens (primary N) is 1. The van der Waals surface area contributed by atoms with Gasteiger partial charge in [-0.15, -0.1) is 0 Å². The van der Waals surface area contributed by atoms with Crippen molar-refractivity contribution in [1.29, 1.82) is 0 Å². The predicted molar refractivity (Wildman–Crippen MR) is 97.8 cm³/mol. The first kappa shape index (κ1) is 17.0. The molecule has 0 radical (unpaired) electrons. The summed E-state index contributed by atoms with van der Waals surface area (Å²) in [6.07, 6.45) is 8.98. The van der Waals surface area contributed by atoms with E-state index in [1.54, 1.807) is 0 Å². The Hall–Kier alpha value is -1.34. The molecule has 2 atom stereocenters. The molecule has 1 heteroatoms. The normalized spacial score (nSPS) is 30.5. The smallest absolute Gasteiger partial charge is 0.0630 e. The fourth-order valence-corrected chi connectivity index (χ4v) is 3.76. The van der Waals surface area contributed by atoms with Crippen molar-refractivity contribution < 1.29 is 0 Å². The van der Waals surface area contributed by atoms with Crippen LogP contribution >= 0.6 is 0 Å². The van der Waals surface area contributed by atoms with Crippen LogP contribution in [0.25, 0.3) is 5.57 Å². The number of rotatable bonds is 4. The largest absolute Gasteiger partial charge is 0.318 e. The molecule has 1 nitrogen and oxygen atoms in total. The Bertz CT molecular complexity index is 578. The zero-order valence-corrected chi connectivity index (χ0v) is 14.9. The molecule has 0 saturated carbocycles. The Morgan fingerprint density at radius 3 is 2.23 bits per heavy atom. The Balaban J connectivity index is 2.60. The molecule has 1 aromatic carbocycles. The third kappa shape index (κ3) is 2.79. The fourth-order valence-electron chi connectivity index (χ4n) is 3.76. The first-order valence-electron chi connectivity index (χ1n) is 8.69. The maximum Gasteiger partial charge on any atom is 0.0630 e. The summed E-state index contributed by atoms with van der Waals surface area (Å²) in [5, 5.41) is 0. The monoisotopic (exact) mass is 297 g/mol. The highest BCUT2D eigenvalue weighted by atomic mass is 14.8. The summed E-state index contributed by atoms with van der Waals surface area (Å²) in [5.41, 5.74) is 12.2. The van der Waals surface area contributed by atoms with E-state index in [1.807, 2.05) is 0 Å². The third-order valence-electron chi connectivity index (χ3n) is 5.48. The van der Waals surface area contributed by atoms with Gasteiger partial charge in [-0.3, -0.25) is 0 Å². The van der Waals surface area contributed by atoms with Gasteiger partial charge in [0.2, 0.25) is 0 Å². The van der Waals surface area contributed by atoms with Crippen LogP contribution in [0.4, 0.5) is 0 Å². The van der Waals surface area contributed by atoms with Gasteiger partial charge >= 0.3 is 0 Å². The van der Waals surface area contributed by atoms with Gasteiger partial charge in [-0.1, -0.05) is 69.7 Å². The zero-order valence-electron chi connectivity index (χ0n) is 14.9. The minimum absolute atomic E-state index is 0.189. The van der Waals surface area contributed by atoms with Crippen LogP contribution in [0.2, 0.25) is 0 Å². The second-order valence-electron chi connectivity index (χ2n) is 6.95. The van der Waals surface area contributed by atoms with Gasteiger partial charge in [-0.2, -0.15) is 0 Å². The number of allylic oxidation sites excluding steroid dienone is 2. The van der Waals surface area contributed by atoms with E-state index in [-0.39, 0.29) is 11.0 Å². The summed E-state index contributed by atoms with van der Waals surface area (Å²) < 4.78 is 0. The molecule has 1 aliphatic rings. The molecule has 120 valence electrons. The molecule has 2 rings (SSSR count). The summed E-state index contributed by atoms with van der Waals surface area (Å²) in [5.74, 6) is 0. The van der Waals surface area contributed by atoms with Crippen LogP contribution in [-0.4, -0.2) is 5.54 Å². The van der Waals surface area contributed by atoms with Gasteiger partial charge in [-0.05, 0) is 54.7 Å². The number of hydrogen-bond donors (Lipinski definition) is 1. The van der Waals surface area contributed by atoms with E-state index in [9.17, 15) is 0 Å². The molecule has 2 N–H and O–H groups in total. The van der Waals surface area contributed by atoms with Crippen molar-refractivity contribution in [1.82, 2.24) is 0 Å². The molecular weight excluding hydrogens is 266 g/mol. The van der Waals surface area contributed by atoms with Gasteiger partial charge < -0.3 is 5.73 Å². The van der Waals surface area contributed by atoms with E-state index in [2.05, 4.69) is 71.0 Å². The lowest BCUT2D eigenvalue weighted by atomic mass is 9.60. The molecule has 1 aromatic rings. The summed E-state index contributed by atoms with van der Waals surface area (Å²) in [7, 11) is 0. The van der Waals surface area contributed by atoms with Crippen molar-refractivity contribution in [2.24, 2.45) is 11.1 Å². The third-order valence-corrected chi connectivity index (χ3v) is 5.48. The molecule has 0 aromatic heterocycles. The molecule has 0 heterocycles. The van der Waals surface area contributed by atoms with Crippen molar-refractivity contribution >= 4 is 5.57 Å². The highest BCUT2D eigenvalue weighted by molar-refractivity contribution is 5.78. The fraction of sp³-hybridized carbons (Fsp3) is 0.524. The Labute approximate surface area is 136 Å². The van der Waals surface area contributed by atoms with Gasteiger partial charge in [0, 0.05) is 0 Å². The van der Waals surface area contributed by atoms with Crippen molar-refractivity contribution in [3.8, 4) is 0 Å². The van der Waals surface area contributed by atoms with E-state index >= 15 is 0 Å². The quantitative estimate of drug-likeness (QED) is 0.715. The minimum Gasteiger partial charge on any atom is -0.318 e. The number of aryl methyl sites for hydroxylation is 1. The van der Waals surface area contributed by atoms with Gasteiger partial charge in [0.05, 0.1) is 5.54 Å². The van der Waals surface area contributed by atoms with Crippen LogP contribution in [0, 0.1) is 12.3 Å². The molecule has 0 fully saturated rings. The Morgan fingerprint density at radius 1 is 1.09 bits per heavy atom. The molecule has 1 aliphatic carbocycles. The molecule has 0 saturated heterocycles. The second-order valence-corrected chi connectivity index (χ2v) is 6.95. The van der Waals surface area contributed by atoms with Crippen molar-refractivity contribution in [3.05, 3.63) is 53.1 Å². The minimum atomic E-state index is -0.339. The molecule has 0 bridgehead atoms. The van der Waals surface area contributed by atoms with E-state index < -0.39 is 0 Å². The molecule has 0 spiro atoms. The first-order valence-corrected chi connectivity index (χ1v) is 8.69. The van der Waals surface area contributed by atoms with Crippen LogP contribution in [0.3, 0.4) is 0 Å². The highest BCUT2D eigenvalue weighted by Crippen LogP contribution is 2.51. The maximum absolute atomic E-state index is 7.02. The standard InChI is InChI=1S/C21H31N/c1-6-9-19-20(5,7-2)15-14-18(21(19,22)8-3)17-12-10-16(4)11-13-17/h9-14H,6-8,15,22H2,1-5H3/b19-9+. The van der Waals surface area contributed by atoms with Gasteiger partial charge in [-0.25, -0.2) is 0 Å². The predicted octanol–water partition coefficient (Wildman–Crippen LogP) is 5.64. The average Bonchev–Trinajstić information content (AvgIpc) is 2.53. The molecule has 0 aliphatic heterocycles. The van der Waals surface area contributed by atoms with Crippen molar-refractivity contribution in [3.63, 3.8) is 0 Å². The second kappa shape index (κ2) is 6.42. The topological polar surface area (TPSA) is 26.0 Å². The number of hydrogen-bond acceptors (Lipinski definition) is 1. The SMILES string of the molecule is CC/C=C1\C(C)(CC)CC=C(c2ccc(C)cc2)C1(N)CC. The van der Waals surface area contributed by atoms with Gasteiger partial charge in [0.25, 0.3) is 0 Å². The van der Waals surface area contributed by atoms with Gasteiger partial charge in [0.1, 0.15) is 0 Å². The van der Waals surface area contributed by atoms with Crippen LogP contribution in [0.5, 0.6) is 0 Å². The molecule has 2 unspecified atom stereocenters.